The van der Waals surface area contributed by atoms with Crippen LogP contribution in [0.5, 0.6) is 0 Å². The van der Waals surface area contributed by atoms with Gasteiger partial charge in [-0.1, -0.05) is 78.9 Å². The van der Waals surface area contributed by atoms with Gasteiger partial charge in [0.05, 0.1) is 11.3 Å². The molecule has 0 amide bonds. The lowest BCUT2D eigenvalue weighted by Crippen LogP contribution is -2.51. The summed E-state index contributed by atoms with van der Waals surface area (Å²) in [6.07, 6.45) is 3.12. The van der Waals surface area contributed by atoms with Crippen molar-refractivity contribution >= 4 is 11.4 Å². The molecule has 1 saturated heterocycles. The van der Waals surface area contributed by atoms with Gasteiger partial charge in [0, 0.05) is 30.3 Å². The van der Waals surface area contributed by atoms with Crippen molar-refractivity contribution in [1.82, 2.24) is 4.90 Å². The molecule has 152 valence electrons. The van der Waals surface area contributed by atoms with Crippen molar-refractivity contribution in [3.63, 3.8) is 0 Å². The van der Waals surface area contributed by atoms with Gasteiger partial charge in [-0.15, -0.1) is 0 Å². The predicted octanol–water partition coefficient (Wildman–Crippen LogP) is 5.54. The van der Waals surface area contributed by atoms with Crippen LogP contribution in [0.1, 0.15) is 41.9 Å². The molecule has 0 atom stereocenters. The number of nitrogens with zero attached hydrogens (tertiary/aromatic N) is 1. The van der Waals surface area contributed by atoms with Crippen LogP contribution >= 0.6 is 0 Å². The number of hydrogen-bond donors (Lipinski definition) is 2. The van der Waals surface area contributed by atoms with Crippen LogP contribution < -0.4 is 5.32 Å². The van der Waals surface area contributed by atoms with Gasteiger partial charge in [0.2, 0.25) is 0 Å². The van der Waals surface area contributed by atoms with Crippen molar-refractivity contribution in [3.05, 3.63) is 102 Å². The highest BCUT2D eigenvalue weighted by atomic mass is 15.2. The molecule has 3 aromatic carbocycles. The molecule has 30 heavy (non-hydrogen) atoms. The molecule has 3 aromatic rings. The monoisotopic (exact) mass is 395 g/mol. The molecule has 0 bridgehead atoms. The quantitative estimate of drug-likeness (QED) is 0.596. The fourth-order valence-electron chi connectivity index (χ4n) is 5.13. The molecule has 1 spiro atoms. The second kappa shape index (κ2) is 8.08. The highest BCUT2D eigenvalue weighted by Gasteiger charge is 2.44. The summed E-state index contributed by atoms with van der Waals surface area (Å²) in [5.74, 6) is 0.426. The molecule has 1 fully saturated rings. The Kier molecular flexibility index (Phi) is 5.14. The second-order valence-electron chi connectivity index (χ2n) is 8.63. The first kappa shape index (κ1) is 19.1. The molecule has 0 aliphatic carbocycles. The Morgan fingerprint density at radius 3 is 1.97 bits per heavy atom. The van der Waals surface area contributed by atoms with Crippen LogP contribution in [0.3, 0.4) is 0 Å². The second-order valence-corrected chi connectivity index (χ2v) is 8.63. The smallest absolute Gasteiger partial charge is 0.0820 e. The number of benzene rings is 3. The minimum absolute atomic E-state index is 0.168. The van der Waals surface area contributed by atoms with E-state index in [0.29, 0.717) is 5.92 Å². The Bertz CT molecular complexity index is 965. The van der Waals surface area contributed by atoms with Crippen LogP contribution in [0.2, 0.25) is 0 Å². The highest BCUT2D eigenvalue weighted by molar-refractivity contribution is 6.15. The maximum absolute atomic E-state index is 8.75. The minimum atomic E-state index is -0.168. The predicted molar refractivity (Wildman–Crippen MR) is 125 cm³/mol. The van der Waals surface area contributed by atoms with Gasteiger partial charge in [-0.25, -0.2) is 0 Å². The van der Waals surface area contributed by atoms with E-state index in [-0.39, 0.29) is 5.54 Å². The largest absolute Gasteiger partial charge is 0.373 e. The lowest BCUT2D eigenvalue weighted by atomic mass is 9.82. The number of fused-ring (bicyclic) bond motifs is 1. The Morgan fingerprint density at radius 1 is 0.800 bits per heavy atom. The zero-order chi connectivity index (χ0) is 20.4. The van der Waals surface area contributed by atoms with E-state index in [1.807, 2.05) is 6.07 Å². The number of nitrogens with one attached hydrogen (secondary N) is 2. The van der Waals surface area contributed by atoms with Gasteiger partial charge in [-0.3, -0.25) is 0 Å². The van der Waals surface area contributed by atoms with Crippen LogP contribution in [-0.2, 0) is 0 Å². The van der Waals surface area contributed by atoms with Crippen molar-refractivity contribution in [3.8, 4) is 0 Å². The number of para-hydroxylation sites is 1. The number of likely N-dealkylation sites (tertiary alicyclic amines) is 1. The van der Waals surface area contributed by atoms with Crippen molar-refractivity contribution in [1.29, 1.82) is 5.41 Å². The normalized spacial score (nSPS) is 17.8. The van der Waals surface area contributed by atoms with Gasteiger partial charge in [0.15, 0.2) is 0 Å². The van der Waals surface area contributed by atoms with Crippen molar-refractivity contribution in [2.45, 2.75) is 30.7 Å². The SMILES string of the molecule is N=C1c2ccccc2NC12CCN(CCC(c1ccccc1)c1ccccc1)CC2. The maximum atomic E-state index is 8.75. The van der Waals surface area contributed by atoms with Gasteiger partial charge >= 0.3 is 0 Å². The lowest BCUT2D eigenvalue weighted by molar-refractivity contribution is 0.198. The molecule has 0 aromatic heterocycles. The summed E-state index contributed by atoms with van der Waals surface area (Å²) in [4.78, 5) is 2.59. The van der Waals surface area contributed by atoms with E-state index in [1.54, 1.807) is 0 Å². The Morgan fingerprint density at radius 2 is 1.37 bits per heavy atom. The summed E-state index contributed by atoms with van der Waals surface area (Å²) in [7, 11) is 0. The molecule has 3 nitrogen and oxygen atoms in total. The van der Waals surface area contributed by atoms with E-state index >= 15 is 0 Å². The summed E-state index contributed by atoms with van der Waals surface area (Å²) >= 11 is 0. The number of hydrogen-bond acceptors (Lipinski definition) is 3. The summed E-state index contributed by atoms with van der Waals surface area (Å²) in [6, 6.07) is 30.1. The Labute approximate surface area is 179 Å². The molecular formula is C27H29N3. The number of rotatable bonds is 5. The van der Waals surface area contributed by atoms with Gasteiger partial charge < -0.3 is 15.6 Å². The first-order valence-electron chi connectivity index (χ1n) is 11.0. The van der Waals surface area contributed by atoms with E-state index in [1.165, 1.54) is 11.1 Å². The third-order valence-electron chi connectivity index (χ3n) is 6.90. The third-order valence-corrected chi connectivity index (χ3v) is 6.90. The topological polar surface area (TPSA) is 39.1 Å². The first-order valence-corrected chi connectivity index (χ1v) is 11.0. The molecule has 2 heterocycles. The molecule has 5 rings (SSSR count). The van der Waals surface area contributed by atoms with Crippen LogP contribution in [0.15, 0.2) is 84.9 Å². The van der Waals surface area contributed by atoms with Gasteiger partial charge in [0.25, 0.3) is 0 Å². The average Bonchev–Trinajstić information content (AvgIpc) is 3.08. The lowest BCUT2D eigenvalue weighted by Gasteiger charge is -2.40. The van der Waals surface area contributed by atoms with E-state index < -0.39 is 0 Å². The molecule has 0 saturated carbocycles. The molecular weight excluding hydrogens is 366 g/mol. The molecule has 2 aliphatic rings. The van der Waals surface area contributed by atoms with Crippen molar-refractivity contribution in [2.75, 3.05) is 25.0 Å². The van der Waals surface area contributed by atoms with Crippen LogP contribution in [0.25, 0.3) is 0 Å². The summed E-state index contributed by atoms with van der Waals surface area (Å²) in [5.41, 5.74) is 5.62. The molecule has 0 radical (unpaired) electrons. The third kappa shape index (κ3) is 3.54. The molecule has 2 N–H and O–H groups in total. The summed E-state index contributed by atoms with van der Waals surface area (Å²) in [5, 5.41) is 12.4. The van der Waals surface area contributed by atoms with Gasteiger partial charge in [-0.05, 0) is 43.0 Å². The van der Waals surface area contributed by atoms with Crippen molar-refractivity contribution < 1.29 is 0 Å². The van der Waals surface area contributed by atoms with Crippen LogP contribution in [0.4, 0.5) is 5.69 Å². The van der Waals surface area contributed by atoms with Crippen molar-refractivity contribution in [2.24, 2.45) is 0 Å². The van der Waals surface area contributed by atoms with Gasteiger partial charge in [-0.2, -0.15) is 0 Å². The average molecular weight is 396 g/mol. The Hall–Kier alpha value is -2.91. The zero-order valence-corrected chi connectivity index (χ0v) is 17.4. The standard InChI is InChI=1S/C27H29N3/c28-26-24-13-7-8-14-25(24)29-27(26)16-19-30(20-17-27)18-15-23(21-9-3-1-4-10-21)22-11-5-2-6-12-22/h1-14,23,28-29H,15-20H2. The van der Waals surface area contributed by atoms with Crippen LogP contribution in [-0.4, -0.2) is 35.8 Å². The van der Waals surface area contributed by atoms with E-state index in [4.69, 9.17) is 5.41 Å². The number of piperidine rings is 1. The molecule has 0 unspecified atom stereocenters. The molecule has 3 heteroatoms. The van der Waals surface area contributed by atoms with E-state index in [0.717, 1.165) is 55.9 Å². The van der Waals surface area contributed by atoms with Crippen LogP contribution in [0, 0.1) is 5.41 Å². The fourth-order valence-corrected chi connectivity index (χ4v) is 5.13. The van der Waals surface area contributed by atoms with Gasteiger partial charge in [0.1, 0.15) is 0 Å². The fraction of sp³-hybridized carbons (Fsp3) is 0.296. The van der Waals surface area contributed by atoms with E-state index in [2.05, 4.69) is 89.1 Å². The van der Waals surface area contributed by atoms with E-state index in [9.17, 15) is 0 Å². The highest BCUT2D eigenvalue weighted by Crippen LogP contribution is 2.39. The maximum Gasteiger partial charge on any atom is 0.0820 e. The zero-order valence-electron chi connectivity index (χ0n) is 17.4. The summed E-state index contributed by atoms with van der Waals surface area (Å²) in [6.45, 7) is 3.17. The number of anilines is 1. The summed E-state index contributed by atoms with van der Waals surface area (Å²) < 4.78 is 0. The molecule has 2 aliphatic heterocycles. The Balaban J connectivity index is 1.25. The first-order chi connectivity index (χ1) is 14.8. The minimum Gasteiger partial charge on any atom is -0.373 e.